The Morgan fingerprint density at radius 2 is 1.89 bits per heavy atom. The SMILES string of the molecule is COc1ccc(-c2cc(=O)n(CCNC(=O)Cc3ccccc3C)cn2)cc1. The molecule has 0 radical (unpaired) electrons. The van der Waals surface area contributed by atoms with Gasteiger partial charge in [0.05, 0.1) is 25.6 Å². The van der Waals surface area contributed by atoms with Crippen LogP contribution in [-0.2, 0) is 17.8 Å². The van der Waals surface area contributed by atoms with Gasteiger partial charge in [0.2, 0.25) is 5.91 Å². The zero-order valence-electron chi connectivity index (χ0n) is 16.0. The second-order valence-electron chi connectivity index (χ2n) is 6.49. The van der Waals surface area contributed by atoms with Crippen LogP contribution in [-0.4, -0.2) is 29.1 Å². The minimum Gasteiger partial charge on any atom is -0.497 e. The standard InChI is InChI=1S/C22H23N3O3/c1-16-5-3-4-6-18(16)13-21(26)23-11-12-25-15-24-20(14-22(25)27)17-7-9-19(28-2)10-8-17/h3-10,14-15H,11-13H2,1-2H3,(H,23,26). The van der Waals surface area contributed by atoms with Gasteiger partial charge in [-0.2, -0.15) is 0 Å². The molecule has 2 aromatic carbocycles. The Bertz CT molecular complexity index is 1010. The van der Waals surface area contributed by atoms with E-state index >= 15 is 0 Å². The van der Waals surface area contributed by atoms with Crippen LogP contribution >= 0.6 is 0 Å². The first-order chi connectivity index (χ1) is 13.6. The molecule has 0 aliphatic heterocycles. The number of nitrogens with one attached hydrogen (secondary N) is 1. The van der Waals surface area contributed by atoms with Crippen LogP contribution in [0.3, 0.4) is 0 Å². The van der Waals surface area contributed by atoms with Gasteiger partial charge in [-0.3, -0.25) is 14.2 Å². The first kappa shape index (κ1) is 19.4. The topological polar surface area (TPSA) is 73.2 Å². The number of hydrogen-bond donors (Lipinski definition) is 1. The van der Waals surface area contributed by atoms with Gasteiger partial charge in [-0.05, 0) is 42.3 Å². The molecule has 0 atom stereocenters. The summed E-state index contributed by atoms with van der Waals surface area (Å²) in [6, 6.07) is 16.7. The van der Waals surface area contributed by atoms with Gasteiger partial charge in [0.15, 0.2) is 0 Å². The van der Waals surface area contributed by atoms with Gasteiger partial charge in [0.1, 0.15) is 5.75 Å². The molecule has 0 saturated heterocycles. The van der Waals surface area contributed by atoms with Crippen LogP contribution in [0.1, 0.15) is 11.1 Å². The molecule has 1 N–H and O–H groups in total. The van der Waals surface area contributed by atoms with E-state index in [2.05, 4.69) is 10.3 Å². The van der Waals surface area contributed by atoms with Crippen LogP contribution < -0.4 is 15.6 Å². The Morgan fingerprint density at radius 1 is 1.14 bits per heavy atom. The van der Waals surface area contributed by atoms with E-state index in [4.69, 9.17) is 4.74 Å². The highest BCUT2D eigenvalue weighted by atomic mass is 16.5. The van der Waals surface area contributed by atoms with E-state index in [0.29, 0.717) is 25.2 Å². The molecule has 0 fully saturated rings. The summed E-state index contributed by atoms with van der Waals surface area (Å²) >= 11 is 0. The summed E-state index contributed by atoms with van der Waals surface area (Å²) in [4.78, 5) is 28.8. The van der Waals surface area contributed by atoms with Crippen LogP contribution in [0.2, 0.25) is 0 Å². The first-order valence-electron chi connectivity index (χ1n) is 9.09. The fraction of sp³-hybridized carbons (Fsp3) is 0.227. The average molecular weight is 377 g/mol. The number of benzene rings is 2. The fourth-order valence-corrected chi connectivity index (χ4v) is 2.87. The zero-order valence-corrected chi connectivity index (χ0v) is 16.0. The number of nitrogens with zero attached hydrogens (tertiary/aromatic N) is 2. The highest BCUT2D eigenvalue weighted by Gasteiger charge is 2.07. The molecule has 0 saturated carbocycles. The maximum absolute atomic E-state index is 12.3. The number of hydrogen-bond acceptors (Lipinski definition) is 4. The predicted octanol–water partition coefficient (Wildman–Crippen LogP) is 2.59. The van der Waals surface area contributed by atoms with Crippen LogP contribution in [0.25, 0.3) is 11.3 Å². The molecular formula is C22H23N3O3. The van der Waals surface area contributed by atoms with Gasteiger partial charge in [-0.25, -0.2) is 4.98 Å². The third kappa shape index (κ3) is 4.85. The van der Waals surface area contributed by atoms with Crippen molar-refractivity contribution in [3.63, 3.8) is 0 Å². The van der Waals surface area contributed by atoms with E-state index in [1.807, 2.05) is 55.5 Å². The van der Waals surface area contributed by atoms with E-state index in [1.54, 1.807) is 7.11 Å². The van der Waals surface area contributed by atoms with Gasteiger partial charge in [-0.15, -0.1) is 0 Å². The number of carbonyl (C=O) groups is 1. The predicted molar refractivity (Wildman–Crippen MR) is 108 cm³/mol. The summed E-state index contributed by atoms with van der Waals surface area (Å²) in [5.74, 6) is 0.684. The third-order valence-electron chi connectivity index (χ3n) is 4.55. The van der Waals surface area contributed by atoms with E-state index in [-0.39, 0.29) is 11.5 Å². The van der Waals surface area contributed by atoms with Gasteiger partial charge >= 0.3 is 0 Å². The van der Waals surface area contributed by atoms with E-state index in [0.717, 1.165) is 22.4 Å². The van der Waals surface area contributed by atoms with E-state index in [9.17, 15) is 9.59 Å². The van der Waals surface area contributed by atoms with Crippen molar-refractivity contribution in [2.24, 2.45) is 0 Å². The Kier molecular flexibility index (Phi) is 6.22. The summed E-state index contributed by atoms with van der Waals surface area (Å²) in [6.07, 6.45) is 1.84. The van der Waals surface area contributed by atoms with Crippen molar-refractivity contribution in [3.05, 3.63) is 82.4 Å². The Balaban J connectivity index is 1.57. The quantitative estimate of drug-likeness (QED) is 0.687. The minimum absolute atomic E-state index is 0.0647. The normalized spacial score (nSPS) is 10.5. The summed E-state index contributed by atoms with van der Waals surface area (Å²) in [7, 11) is 1.61. The monoisotopic (exact) mass is 377 g/mol. The lowest BCUT2D eigenvalue weighted by molar-refractivity contribution is -0.120. The number of ether oxygens (including phenoxy) is 1. The Hall–Kier alpha value is -3.41. The number of rotatable bonds is 7. The number of carbonyl (C=O) groups excluding carboxylic acids is 1. The Labute approximate surface area is 163 Å². The fourth-order valence-electron chi connectivity index (χ4n) is 2.87. The summed E-state index contributed by atoms with van der Waals surface area (Å²) in [6.45, 7) is 2.72. The smallest absolute Gasteiger partial charge is 0.253 e. The second kappa shape index (κ2) is 8.99. The lowest BCUT2D eigenvalue weighted by Crippen LogP contribution is -2.31. The average Bonchev–Trinajstić information content (AvgIpc) is 2.71. The molecule has 6 heteroatoms. The highest BCUT2D eigenvalue weighted by Crippen LogP contribution is 2.19. The van der Waals surface area contributed by atoms with E-state index in [1.165, 1.54) is 17.0 Å². The molecule has 144 valence electrons. The van der Waals surface area contributed by atoms with Crippen molar-refractivity contribution < 1.29 is 9.53 Å². The first-order valence-corrected chi connectivity index (χ1v) is 9.09. The van der Waals surface area contributed by atoms with Crippen molar-refractivity contribution >= 4 is 5.91 Å². The van der Waals surface area contributed by atoms with Gasteiger partial charge in [0.25, 0.3) is 5.56 Å². The number of methoxy groups -OCH3 is 1. The largest absolute Gasteiger partial charge is 0.497 e. The van der Waals surface area contributed by atoms with Crippen molar-refractivity contribution in [2.45, 2.75) is 19.9 Å². The summed E-state index contributed by atoms with van der Waals surface area (Å²) in [5.41, 5.74) is 3.38. The van der Waals surface area contributed by atoms with Crippen LogP contribution in [0.4, 0.5) is 0 Å². The van der Waals surface area contributed by atoms with E-state index < -0.39 is 0 Å². The lowest BCUT2D eigenvalue weighted by Gasteiger charge is -2.09. The van der Waals surface area contributed by atoms with Crippen LogP contribution in [0.15, 0.2) is 65.7 Å². The van der Waals surface area contributed by atoms with Crippen molar-refractivity contribution in [1.82, 2.24) is 14.9 Å². The summed E-state index contributed by atoms with van der Waals surface area (Å²) in [5, 5.41) is 2.85. The molecule has 28 heavy (non-hydrogen) atoms. The molecule has 0 unspecified atom stereocenters. The molecule has 0 aliphatic carbocycles. The van der Waals surface area contributed by atoms with Crippen LogP contribution in [0.5, 0.6) is 5.75 Å². The minimum atomic E-state index is -0.158. The van der Waals surface area contributed by atoms with Crippen molar-refractivity contribution in [3.8, 4) is 17.0 Å². The molecule has 3 aromatic rings. The molecule has 6 nitrogen and oxygen atoms in total. The van der Waals surface area contributed by atoms with Crippen molar-refractivity contribution in [1.29, 1.82) is 0 Å². The molecule has 1 heterocycles. The van der Waals surface area contributed by atoms with Gasteiger partial charge in [-0.1, -0.05) is 24.3 Å². The highest BCUT2D eigenvalue weighted by molar-refractivity contribution is 5.78. The Morgan fingerprint density at radius 3 is 2.57 bits per heavy atom. The third-order valence-corrected chi connectivity index (χ3v) is 4.55. The lowest BCUT2D eigenvalue weighted by atomic mass is 10.1. The molecular weight excluding hydrogens is 354 g/mol. The molecule has 0 aliphatic rings. The molecule has 1 aromatic heterocycles. The zero-order chi connectivity index (χ0) is 19.9. The summed E-state index contributed by atoms with van der Waals surface area (Å²) < 4.78 is 6.62. The number of aryl methyl sites for hydroxylation is 1. The second-order valence-corrected chi connectivity index (χ2v) is 6.49. The maximum Gasteiger partial charge on any atom is 0.253 e. The molecule has 1 amide bonds. The van der Waals surface area contributed by atoms with Crippen molar-refractivity contribution in [2.75, 3.05) is 13.7 Å². The number of amides is 1. The molecule has 0 spiro atoms. The van der Waals surface area contributed by atoms with Crippen LogP contribution in [0, 0.1) is 6.92 Å². The van der Waals surface area contributed by atoms with Gasteiger partial charge < -0.3 is 10.1 Å². The number of aromatic nitrogens is 2. The van der Waals surface area contributed by atoms with Gasteiger partial charge in [0, 0.05) is 24.7 Å². The molecule has 3 rings (SSSR count). The maximum atomic E-state index is 12.3. The molecule has 0 bridgehead atoms.